The predicted octanol–water partition coefficient (Wildman–Crippen LogP) is 9.52. The number of fused-ring (bicyclic) bond motifs is 2. The second-order valence-electron chi connectivity index (χ2n) is 8.88. The summed E-state index contributed by atoms with van der Waals surface area (Å²) < 4.78 is 21.8. The molecule has 0 amide bonds. The Bertz CT molecular complexity index is 1260. The lowest BCUT2D eigenvalue weighted by atomic mass is 9.97. The molecule has 196 valence electrons. The van der Waals surface area contributed by atoms with Crippen LogP contribution in [0.3, 0.4) is 0 Å². The molecule has 3 aromatic carbocycles. The molecule has 6 nitrogen and oxygen atoms in total. The summed E-state index contributed by atoms with van der Waals surface area (Å²) in [5.74, 6) is 0.694. The lowest BCUT2D eigenvalue weighted by molar-refractivity contribution is 0.134. The van der Waals surface area contributed by atoms with E-state index in [4.69, 9.17) is 18.9 Å². The number of rotatable bonds is 12. The van der Waals surface area contributed by atoms with Crippen LogP contribution in [0.4, 0.5) is 9.59 Å². The van der Waals surface area contributed by atoms with Crippen LogP contribution in [-0.4, -0.2) is 12.3 Å². The van der Waals surface area contributed by atoms with Gasteiger partial charge in [0.25, 0.3) is 0 Å². The van der Waals surface area contributed by atoms with Crippen molar-refractivity contribution in [3.8, 4) is 11.5 Å². The van der Waals surface area contributed by atoms with Gasteiger partial charge in [0.05, 0.1) is 12.5 Å². The molecule has 0 saturated carbocycles. The minimum Gasteiger partial charge on any atom is -0.403 e. The molecule has 0 fully saturated rings. The molecule has 0 aliphatic heterocycles. The van der Waals surface area contributed by atoms with Crippen molar-refractivity contribution in [2.45, 2.75) is 72.1 Å². The van der Waals surface area contributed by atoms with Gasteiger partial charge >= 0.3 is 12.3 Å². The summed E-state index contributed by atoms with van der Waals surface area (Å²) in [5.41, 5.74) is 0.857. The number of unbranched alkanes of at least 4 members (excludes halogenated alkanes) is 6. The first-order chi connectivity index (χ1) is 18.1. The number of benzene rings is 3. The van der Waals surface area contributed by atoms with Gasteiger partial charge in [-0.3, -0.25) is 0 Å². The molecule has 37 heavy (non-hydrogen) atoms. The van der Waals surface area contributed by atoms with Gasteiger partial charge in [0.15, 0.2) is 5.75 Å². The number of hydrogen-bond acceptors (Lipinski definition) is 6. The van der Waals surface area contributed by atoms with E-state index in [1.807, 2.05) is 61.5 Å². The standard InChI is InChI=1S/C31H36O6/c1-4-6-8-10-14-21-34-30(32)36-28-24-18-12-13-19-25(24)29(27-23(3)17-16-20-26(27)28)37-31(33)35-22-15-11-9-7-5-2/h12-22H,4-11H2,1-3H3/b21-14+,22-15+. The molecule has 0 aliphatic carbocycles. The van der Waals surface area contributed by atoms with Crippen molar-refractivity contribution >= 4 is 33.9 Å². The molecule has 0 aliphatic rings. The van der Waals surface area contributed by atoms with E-state index in [1.54, 1.807) is 0 Å². The largest absolute Gasteiger partial charge is 0.518 e. The van der Waals surface area contributed by atoms with Crippen molar-refractivity contribution in [3.05, 3.63) is 72.7 Å². The number of hydrogen-bond donors (Lipinski definition) is 0. The highest BCUT2D eigenvalue weighted by atomic mass is 16.7. The number of aryl methyl sites for hydroxylation is 1. The quantitative estimate of drug-likeness (QED) is 0.0804. The topological polar surface area (TPSA) is 71.1 Å². The average Bonchev–Trinajstić information content (AvgIpc) is 2.90. The number of carbonyl (C=O) groups is 2. The van der Waals surface area contributed by atoms with Crippen LogP contribution < -0.4 is 9.47 Å². The molecule has 0 saturated heterocycles. The fraction of sp³-hybridized carbons (Fsp3) is 0.355. The van der Waals surface area contributed by atoms with E-state index in [2.05, 4.69) is 13.8 Å². The molecule has 0 radical (unpaired) electrons. The summed E-state index contributed by atoms with van der Waals surface area (Å²) in [7, 11) is 0. The zero-order valence-electron chi connectivity index (χ0n) is 22.0. The lowest BCUT2D eigenvalue weighted by Crippen LogP contribution is -2.10. The Kier molecular flexibility index (Phi) is 11.0. The van der Waals surface area contributed by atoms with Crippen LogP contribution in [0.15, 0.2) is 67.1 Å². The third-order valence-corrected chi connectivity index (χ3v) is 6.00. The van der Waals surface area contributed by atoms with Gasteiger partial charge in [-0.25, -0.2) is 9.59 Å². The van der Waals surface area contributed by atoms with E-state index < -0.39 is 12.3 Å². The first-order valence-corrected chi connectivity index (χ1v) is 13.1. The van der Waals surface area contributed by atoms with Crippen molar-refractivity contribution in [1.29, 1.82) is 0 Å². The summed E-state index contributed by atoms with van der Waals surface area (Å²) in [6, 6.07) is 12.9. The van der Waals surface area contributed by atoms with Gasteiger partial charge in [0.1, 0.15) is 5.75 Å². The fourth-order valence-electron chi connectivity index (χ4n) is 4.12. The van der Waals surface area contributed by atoms with Crippen LogP contribution in [0, 0.1) is 6.92 Å². The van der Waals surface area contributed by atoms with E-state index in [-0.39, 0.29) is 0 Å². The number of carbonyl (C=O) groups excluding carboxylic acids is 2. The maximum Gasteiger partial charge on any atom is 0.518 e. The zero-order chi connectivity index (χ0) is 26.5. The molecule has 3 aromatic rings. The monoisotopic (exact) mass is 504 g/mol. The Morgan fingerprint density at radius 1 is 0.676 bits per heavy atom. The van der Waals surface area contributed by atoms with Gasteiger partial charge < -0.3 is 18.9 Å². The minimum atomic E-state index is -0.832. The Hall–Kier alpha value is -3.80. The van der Waals surface area contributed by atoms with Crippen LogP contribution in [0.1, 0.15) is 70.8 Å². The van der Waals surface area contributed by atoms with Gasteiger partial charge in [-0.15, -0.1) is 0 Å². The Morgan fingerprint density at radius 3 is 1.76 bits per heavy atom. The molecular weight excluding hydrogens is 468 g/mol. The van der Waals surface area contributed by atoms with E-state index in [1.165, 1.54) is 12.5 Å². The molecule has 0 bridgehead atoms. The fourth-order valence-corrected chi connectivity index (χ4v) is 4.12. The van der Waals surface area contributed by atoms with Crippen molar-refractivity contribution in [2.75, 3.05) is 0 Å². The molecule has 0 spiro atoms. The molecule has 0 aromatic heterocycles. The van der Waals surface area contributed by atoms with Gasteiger partial charge in [0.2, 0.25) is 0 Å². The summed E-state index contributed by atoms with van der Waals surface area (Å²) in [5, 5.41) is 2.51. The summed E-state index contributed by atoms with van der Waals surface area (Å²) >= 11 is 0. The highest BCUT2D eigenvalue weighted by molar-refractivity contribution is 6.13. The number of allylic oxidation sites excluding steroid dienone is 2. The van der Waals surface area contributed by atoms with E-state index in [0.717, 1.165) is 56.9 Å². The second kappa shape index (κ2) is 14.7. The molecule has 3 rings (SSSR count). The highest BCUT2D eigenvalue weighted by Crippen LogP contribution is 2.44. The van der Waals surface area contributed by atoms with Crippen LogP contribution in [0.25, 0.3) is 21.5 Å². The van der Waals surface area contributed by atoms with Crippen LogP contribution in [0.5, 0.6) is 11.5 Å². The average molecular weight is 505 g/mol. The van der Waals surface area contributed by atoms with E-state index >= 15 is 0 Å². The maximum absolute atomic E-state index is 12.6. The van der Waals surface area contributed by atoms with Gasteiger partial charge in [-0.1, -0.05) is 82.0 Å². The van der Waals surface area contributed by atoms with E-state index in [9.17, 15) is 9.59 Å². The van der Waals surface area contributed by atoms with Crippen molar-refractivity contribution < 1.29 is 28.5 Å². The highest BCUT2D eigenvalue weighted by Gasteiger charge is 2.21. The molecule has 6 heteroatoms. The van der Waals surface area contributed by atoms with Crippen molar-refractivity contribution in [1.82, 2.24) is 0 Å². The first kappa shape index (κ1) is 27.8. The predicted molar refractivity (Wildman–Crippen MR) is 147 cm³/mol. The van der Waals surface area contributed by atoms with Crippen molar-refractivity contribution in [2.24, 2.45) is 0 Å². The summed E-state index contributed by atoms with van der Waals surface area (Å²) in [6.07, 6.45) is 13.0. The second-order valence-corrected chi connectivity index (χ2v) is 8.88. The maximum atomic E-state index is 12.6. The van der Waals surface area contributed by atoms with Gasteiger partial charge in [-0.2, -0.15) is 0 Å². The normalized spacial score (nSPS) is 11.4. The molecule has 0 atom stereocenters. The summed E-state index contributed by atoms with van der Waals surface area (Å²) in [4.78, 5) is 25.1. The SMILES string of the molecule is CCCCC/C=C/OC(=O)Oc1c2ccccc2c(OC(=O)O/C=C/CCCCC)c2c(C)cccc12. The third-order valence-electron chi connectivity index (χ3n) is 6.00. The van der Waals surface area contributed by atoms with Crippen molar-refractivity contribution in [3.63, 3.8) is 0 Å². The van der Waals surface area contributed by atoms with Gasteiger partial charge in [0, 0.05) is 21.5 Å². The van der Waals surface area contributed by atoms with Gasteiger partial charge in [-0.05, 0) is 50.3 Å². The Balaban J connectivity index is 1.88. The number of ether oxygens (including phenoxy) is 4. The zero-order valence-corrected chi connectivity index (χ0v) is 22.0. The summed E-state index contributed by atoms with van der Waals surface area (Å²) in [6.45, 7) is 6.18. The molecule has 0 N–H and O–H groups in total. The minimum absolute atomic E-state index is 0.343. The first-order valence-electron chi connectivity index (χ1n) is 13.1. The Morgan fingerprint density at radius 2 is 1.19 bits per heavy atom. The van der Waals surface area contributed by atoms with E-state index in [0.29, 0.717) is 33.0 Å². The smallest absolute Gasteiger partial charge is 0.403 e. The third kappa shape index (κ3) is 7.84. The molecule has 0 heterocycles. The molecular formula is C31H36O6. The van der Waals surface area contributed by atoms with Crippen LogP contribution in [-0.2, 0) is 9.47 Å². The van der Waals surface area contributed by atoms with Crippen LogP contribution in [0.2, 0.25) is 0 Å². The molecule has 0 unspecified atom stereocenters. The lowest BCUT2D eigenvalue weighted by Gasteiger charge is -2.16. The van der Waals surface area contributed by atoms with Crippen LogP contribution >= 0.6 is 0 Å². The Labute approximate surface area is 218 Å².